The summed E-state index contributed by atoms with van der Waals surface area (Å²) in [5.41, 5.74) is 0. The summed E-state index contributed by atoms with van der Waals surface area (Å²) in [6, 6.07) is 0.553. The van der Waals surface area contributed by atoms with Crippen LogP contribution in [0.1, 0.15) is 19.3 Å². The number of carbonyl (C=O) groups is 1. The minimum absolute atomic E-state index is 0.191. The Bertz CT molecular complexity index is 285. The van der Waals surface area contributed by atoms with Crippen molar-refractivity contribution in [2.75, 3.05) is 46.3 Å². The molecule has 19 heavy (non-hydrogen) atoms. The van der Waals surface area contributed by atoms with Gasteiger partial charge in [-0.3, -0.25) is 10.6 Å². The molecule has 2 rings (SSSR count). The van der Waals surface area contributed by atoms with E-state index in [9.17, 15) is 4.79 Å². The van der Waals surface area contributed by atoms with Crippen LogP contribution in [0.15, 0.2) is 0 Å². The van der Waals surface area contributed by atoms with Crippen LogP contribution in [0.4, 0.5) is 0 Å². The first-order valence-electron chi connectivity index (χ1n) is 7.32. The fourth-order valence-electron chi connectivity index (χ4n) is 2.87. The lowest BCUT2D eigenvalue weighted by atomic mass is 9.97. The highest BCUT2D eigenvalue weighted by Crippen LogP contribution is 2.15. The first-order chi connectivity index (χ1) is 9.13. The van der Waals surface area contributed by atoms with Gasteiger partial charge in [-0.05, 0) is 25.8 Å². The van der Waals surface area contributed by atoms with Gasteiger partial charge in [0.05, 0.1) is 0 Å². The Kier molecular flexibility index (Phi) is 5.57. The van der Waals surface area contributed by atoms with Crippen molar-refractivity contribution >= 4 is 5.91 Å². The van der Waals surface area contributed by atoms with Crippen LogP contribution in [0.2, 0.25) is 0 Å². The minimum Gasteiger partial charge on any atom is -0.355 e. The van der Waals surface area contributed by atoms with E-state index in [-0.39, 0.29) is 5.91 Å². The second kappa shape index (κ2) is 7.19. The lowest BCUT2D eigenvalue weighted by molar-refractivity contribution is -0.123. The Morgan fingerprint density at radius 1 is 1.26 bits per heavy atom. The molecule has 0 aromatic rings. The van der Waals surface area contributed by atoms with Gasteiger partial charge in [0, 0.05) is 51.7 Å². The average molecular weight is 269 g/mol. The third-order valence-electron chi connectivity index (χ3n) is 4.02. The molecule has 2 aliphatic rings. The summed E-state index contributed by atoms with van der Waals surface area (Å²) >= 11 is 0. The van der Waals surface area contributed by atoms with E-state index < -0.39 is 0 Å². The molecule has 6 nitrogen and oxygen atoms in total. The molecule has 6 heteroatoms. The van der Waals surface area contributed by atoms with Crippen molar-refractivity contribution in [2.45, 2.75) is 25.3 Å². The van der Waals surface area contributed by atoms with Gasteiger partial charge < -0.3 is 15.5 Å². The third kappa shape index (κ3) is 5.06. The maximum Gasteiger partial charge on any atom is 0.220 e. The largest absolute Gasteiger partial charge is 0.355 e. The van der Waals surface area contributed by atoms with E-state index in [4.69, 9.17) is 5.84 Å². The number of piperidine rings is 1. The molecular weight excluding hydrogens is 242 g/mol. The number of rotatable bonds is 6. The zero-order valence-corrected chi connectivity index (χ0v) is 11.9. The topological polar surface area (TPSA) is 73.6 Å². The Morgan fingerprint density at radius 3 is 2.58 bits per heavy atom. The van der Waals surface area contributed by atoms with Gasteiger partial charge in [0.25, 0.3) is 0 Å². The number of amides is 1. The minimum atomic E-state index is 0.191. The van der Waals surface area contributed by atoms with Gasteiger partial charge in [-0.25, -0.2) is 5.01 Å². The van der Waals surface area contributed by atoms with E-state index in [1.807, 2.05) is 5.01 Å². The quantitative estimate of drug-likeness (QED) is 0.425. The highest BCUT2D eigenvalue weighted by atomic mass is 16.1. The van der Waals surface area contributed by atoms with Crippen LogP contribution in [0.25, 0.3) is 0 Å². The van der Waals surface area contributed by atoms with Crippen LogP contribution >= 0.6 is 0 Å². The number of hydrogen-bond donors (Lipinski definition) is 3. The molecule has 0 aliphatic carbocycles. The SMILES string of the molecule is CN1CC(CC(=O)NCCNC2CCN(N)CC2)C1. The van der Waals surface area contributed by atoms with E-state index in [1.54, 1.807) is 0 Å². The van der Waals surface area contributed by atoms with E-state index >= 15 is 0 Å². The lowest BCUT2D eigenvalue weighted by Gasteiger charge is -2.35. The summed E-state index contributed by atoms with van der Waals surface area (Å²) in [5.74, 6) is 6.46. The fourth-order valence-corrected chi connectivity index (χ4v) is 2.87. The van der Waals surface area contributed by atoms with Gasteiger partial charge in [-0.15, -0.1) is 0 Å². The van der Waals surface area contributed by atoms with Gasteiger partial charge >= 0.3 is 0 Å². The molecular formula is C13H27N5O. The molecule has 2 heterocycles. The highest BCUT2D eigenvalue weighted by Gasteiger charge is 2.25. The maximum absolute atomic E-state index is 11.7. The molecule has 2 saturated heterocycles. The molecule has 0 aromatic carbocycles. The molecule has 2 aliphatic heterocycles. The Hall–Kier alpha value is -0.690. The van der Waals surface area contributed by atoms with E-state index in [2.05, 4.69) is 22.6 Å². The zero-order valence-electron chi connectivity index (χ0n) is 11.9. The molecule has 0 bridgehead atoms. The number of nitrogens with two attached hydrogens (primary N) is 1. The number of hydrazine groups is 1. The van der Waals surface area contributed by atoms with Gasteiger partial charge in [-0.1, -0.05) is 0 Å². The van der Waals surface area contributed by atoms with Crippen LogP contribution in [0, 0.1) is 5.92 Å². The zero-order chi connectivity index (χ0) is 13.7. The number of nitrogens with one attached hydrogen (secondary N) is 2. The second-order valence-corrected chi connectivity index (χ2v) is 5.91. The van der Waals surface area contributed by atoms with Crippen LogP contribution in [0.3, 0.4) is 0 Å². The average Bonchev–Trinajstić information content (AvgIpc) is 2.35. The summed E-state index contributed by atoms with van der Waals surface area (Å²) in [4.78, 5) is 13.9. The van der Waals surface area contributed by atoms with Crippen LogP contribution < -0.4 is 16.5 Å². The molecule has 0 spiro atoms. The summed E-state index contributed by atoms with van der Waals surface area (Å²) in [5, 5.41) is 8.34. The molecule has 2 fully saturated rings. The van der Waals surface area contributed by atoms with Crippen molar-refractivity contribution in [1.29, 1.82) is 0 Å². The Morgan fingerprint density at radius 2 is 1.95 bits per heavy atom. The lowest BCUT2D eigenvalue weighted by Crippen LogP contribution is -2.48. The molecule has 0 unspecified atom stereocenters. The summed E-state index contributed by atoms with van der Waals surface area (Å²) in [7, 11) is 2.09. The van der Waals surface area contributed by atoms with Crippen molar-refractivity contribution in [1.82, 2.24) is 20.5 Å². The smallest absolute Gasteiger partial charge is 0.220 e. The van der Waals surface area contributed by atoms with Crippen molar-refractivity contribution < 1.29 is 4.79 Å². The first kappa shape index (κ1) is 14.7. The van der Waals surface area contributed by atoms with E-state index in [0.717, 1.165) is 52.1 Å². The van der Waals surface area contributed by atoms with Crippen molar-refractivity contribution in [3.8, 4) is 0 Å². The number of nitrogens with zero attached hydrogens (tertiary/aromatic N) is 2. The molecule has 0 atom stereocenters. The maximum atomic E-state index is 11.7. The fraction of sp³-hybridized carbons (Fsp3) is 0.923. The third-order valence-corrected chi connectivity index (χ3v) is 4.02. The monoisotopic (exact) mass is 269 g/mol. The number of likely N-dealkylation sites (tertiary alicyclic amines) is 1. The molecule has 110 valence electrons. The molecule has 0 saturated carbocycles. The predicted octanol–water partition coefficient (Wildman–Crippen LogP) is -1.02. The molecule has 1 amide bonds. The number of carbonyl (C=O) groups excluding carboxylic acids is 1. The van der Waals surface area contributed by atoms with E-state index in [0.29, 0.717) is 18.4 Å². The molecule has 0 aromatic heterocycles. The molecule has 4 N–H and O–H groups in total. The molecule has 0 radical (unpaired) electrons. The van der Waals surface area contributed by atoms with Crippen molar-refractivity contribution in [3.05, 3.63) is 0 Å². The highest BCUT2D eigenvalue weighted by molar-refractivity contribution is 5.76. The Balaban J connectivity index is 1.46. The van der Waals surface area contributed by atoms with Crippen molar-refractivity contribution in [3.63, 3.8) is 0 Å². The summed E-state index contributed by atoms with van der Waals surface area (Å²) in [6.45, 7) is 5.61. The van der Waals surface area contributed by atoms with Crippen LogP contribution in [-0.2, 0) is 4.79 Å². The summed E-state index contributed by atoms with van der Waals surface area (Å²) < 4.78 is 0. The second-order valence-electron chi connectivity index (χ2n) is 5.91. The van der Waals surface area contributed by atoms with Gasteiger partial charge in [0.15, 0.2) is 0 Å². The van der Waals surface area contributed by atoms with Gasteiger partial charge in [-0.2, -0.15) is 0 Å². The Labute approximate surface area is 115 Å². The van der Waals surface area contributed by atoms with Crippen LogP contribution in [0.5, 0.6) is 0 Å². The summed E-state index contributed by atoms with van der Waals surface area (Å²) in [6.07, 6.45) is 2.87. The first-order valence-corrected chi connectivity index (χ1v) is 7.32. The van der Waals surface area contributed by atoms with Crippen LogP contribution in [-0.4, -0.2) is 68.2 Å². The standard InChI is InChI=1S/C13H27N5O/c1-17-9-11(10-17)8-13(19)16-5-4-15-12-2-6-18(14)7-3-12/h11-12,15H,2-10,14H2,1H3,(H,16,19). The normalized spacial score (nSPS) is 23.3. The predicted molar refractivity (Wildman–Crippen MR) is 75.4 cm³/mol. The van der Waals surface area contributed by atoms with Crippen molar-refractivity contribution in [2.24, 2.45) is 11.8 Å². The van der Waals surface area contributed by atoms with Gasteiger partial charge in [0.2, 0.25) is 5.91 Å². The van der Waals surface area contributed by atoms with Gasteiger partial charge in [0.1, 0.15) is 0 Å². The van der Waals surface area contributed by atoms with E-state index in [1.165, 1.54) is 0 Å². The number of hydrogen-bond acceptors (Lipinski definition) is 5.